The third-order valence-electron chi connectivity index (χ3n) is 3.09. The summed E-state index contributed by atoms with van der Waals surface area (Å²) in [5.41, 5.74) is 1.81. The smallest absolute Gasteiger partial charge is 0.244 e. The molecule has 1 unspecified atom stereocenters. The van der Waals surface area contributed by atoms with Crippen molar-refractivity contribution < 1.29 is 17.6 Å². The maximum absolute atomic E-state index is 12.5. The summed E-state index contributed by atoms with van der Waals surface area (Å²) in [5.74, 6) is 0.337. The molecule has 0 spiro atoms. The first-order valence-corrected chi connectivity index (χ1v) is 8.09. The standard InChI is InChI=1S/C15H19NO4S/c1-11-4-5-14(19-3)15(8-11)21(17,18)16-12(2)9-13-6-7-20-10-13/h4-8,10,12,16H,9H2,1-3H3. The fourth-order valence-corrected chi connectivity index (χ4v) is 3.62. The Hall–Kier alpha value is -1.79. The lowest BCUT2D eigenvalue weighted by Crippen LogP contribution is -2.34. The Balaban J connectivity index is 2.20. The van der Waals surface area contributed by atoms with E-state index in [0.29, 0.717) is 12.2 Å². The molecule has 1 heterocycles. The number of sulfonamides is 1. The van der Waals surface area contributed by atoms with Gasteiger partial charge < -0.3 is 9.15 Å². The Morgan fingerprint density at radius 1 is 1.33 bits per heavy atom. The van der Waals surface area contributed by atoms with Gasteiger partial charge in [0.1, 0.15) is 10.6 Å². The lowest BCUT2D eigenvalue weighted by Gasteiger charge is -2.15. The quantitative estimate of drug-likeness (QED) is 0.890. The predicted octanol–water partition coefficient (Wildman–Crippen LogP) is 2.51. The summed E-state index contributed by atoms with van der Waals surface area (Å²) in [6.07, 6.45) is 3.74. The molecule has 2 rings (SSSR count). The van der Waals surface area contributed by atoms with Gasteiger partial charge in [0.25, 0.3) is 0 Å². The van der Waals surface area contributed by atoms with Crippen molar-refractivity contribution in [3.05, 3.63) is 47.9 Å². The van der Waals surface area contributed by atoms with E-state index in [0.717, 1.165) is 11.1 Å². The van der Waals surface area contributed by atoms with E-state index in [1.54, 1.807) is 24.7 Å². The number of hydrogen-bond donors (Lipinski definition) is 1. The highest BCUT2D eigenvalue weighted by molar-refractivity contribution is 7.89. The van der Waals surface area contributed by atoms with Gasteiger partial charge in [0.15, 0.2) is 0 Å². The van der Waals surface area contributed by atoms with E-state index < -0.39 is 10.0 Å². The number of aryl methyl sites for hydroxylation is 1. The van der Waals surface area contributed by atoms with Gasteiger partial charge in [-0.3, -0.25) is 0 Å². The number of benzene rings is 1. The van der Waals surface area contributed by atoms with Crippen LogP contribution in [0.3, 0.4) is 0 Å². The molecular formula is C15H19NO4S. The zero-order chi connectivity index (χ0) is 15.5. The number of nitrogens with one attached hydrogen (secondary N) is 1. The Kier molecular flexibility index (Phi) is 4.69. The number of furan rings is 1. The van der Waals surface area contributed by atoms with Crippen LogP contribution in [0.2, 0.25) is 0 Å². The summed E-state index contributed by atoms with van der Waals surface area (Å²) in [5, 5.41) is 0. The van der Waals surface area contributed by atoms with Crippen LogP contribution in [0.4, 0.5) is 0 Å². The highest BCUT2D eigenvalue weighted by Gasteiger charge is 2.22. The number of ether oxygens (including phenoxy) is 1. The monoisotopic (exact) mass is 309 g/mol. The summed E-state index contributed by atoms with van der Waals surface area (Å²) in [6, 6.07) is 6.64. The Bertz CT molecular complexity index is 692. The fourth-order valence-electron chi connectivity index (χ4n) is 2.13. The number of hydrogen-bond acceptors (Lipinski definition) is 4. The Labute approximate surface area is 125 Å². The molecular weight excluding hydrogens is 290 g/mol. The van der Waals surface area contributed by atoms with Crippen LogP contribution >= 0.6 is 0 Å². The lowest BCUT2D eigenvalue weighted by atomic mass is 10.1. The van der Waals surface area contributed by atoms with Crippen LogP contribution in [0.15, 0.2) is 46.1 Å². The number of methoxy groups -OCH3 is 1. The average Bonchev–Trinajstić information content (AvgIpc) is 2.90. The van der Waals surface area contributed by atoms with E-state index in [-0.39, 0.29) is 10.9 Å². The fraction of sp³-hybridized carbons (Fsp3) is 0.333. The topological polar surface area (TPSA) is 68.5 Å². The molecule has 0 fully saturated rings. The van der Waals surface area contributed by atoms with Gasteiger partial charge in [0, 0.05) is 6.04 Å². The summed E-state index contributed by atoms with van der Waals surface area (Å²) >= 11 is 0. The minimum atomic E-state index is -3.63. The number of rotatable bonds is 6. The molecule has 6 heteroatoms. The van der Waals surface area contributed by atoms with E-state index in [2.05, 4.69) is 4.72 Å². The molecule has 0 radical (unpaired) electrons. The van der Waals surface area contributed by atoms with Gasteiger partial charge in [-0.2, -0.15) is 0 Å². The molecule has 0 aliphatic heterocycles. The van der Waals surface area contributed by atoms with E-state index in [1.807, 2.05) is 26.0 Å². The molecule has 2 aromatic rings. The lowest BCUT2D eigenvalue weighted by molar-refractivity contribution is 0.402. The first-order chi connectivity index (χ1) is 9.92. The van der Waals surface area contributed by atoms with Gasteiger partial charge >= 0.3 is 0 Å². The maximum Gasteiger partial charge on any atom is 0.244 e. The second-order valence-corrected chi connectivity index (χ2v) is 6.69. The minimum Gasteiger partial charge on any atom is -0.495 e. The first-order valence-electron chi connectivity index (χ1n) is 6.60. The van der Waals surface area contributed by atoms with E-state index in [4.69, 9.17) is 9.15 Å². The van der Waals surface area contributed by atoms with Crippen LogP contribution in [0.1, 0.15) is 18.1 Å². The van der Waals surface area contributed by atoms with Crippen molar-refractivity contribution in [3.63, 3.8) is 0 Å². The predicted molar refractivity (Wildman–Crippen MR) is 79.9 cm³/mol. The summed E-state index contributed by atoms with van der Waals surface area (Å²) in [4.78, 5) is 0.157. The van der Waals surface area contributed by atoms with E-state index in [9.17, 15) is 8.42 Å². The average molecular weight is 309 g/mol. The molecule has 5 nitrogen and oxygen atoms in total. The molecule has 0 amide bonds. The Morgan fingerprint density at radius 3 is 2.71 bits per heavy atom. The van der Waals surface area contributed by atoms with Crippen LogP contribution in [0.25, 0.3) is 0 Å². The summed E-state index contributed by atoms with van der Waals surface area (Å²) in [7, 11) is -2.18. The molecule has 21 heavy (non-hydrogen) atoms. The Morgan fingerprint density at radius 2 is 2.10 bits per heavy atom. The molecule has 114 valence electrons. The first kappa shape index (κ1) is 15.6. The normalized spacial score (nSPS) is 13.1. The SMILES string of the molecule is COc1ccc(C)cc1S(=O)(=O)NC(C)Cc1ccoc1. The van der Waals surface area contributed by atoms with Crippen molar-refractivity contribution in [2.75, 3.05) is 7.11 Å². The summed E-state index contributed by atoms with van der Waals surface area (Å²) in [6.45, 7) is 3.65. The van der Waals surface area contributed by atoms with Crippen molar-refractivity contribution >= 4 is 10.0 Å². The van der Waals surface area contributed by atoms with Crippen LogP contribution in [0, 0.1) is 6.92 Å². The molecule has 1 atom stereocenters. The third kappa shape index (κ3) is 3.86. The van der Waals surface area contributed by atoms with Crippen molar-refractivity contribution in [1.82, 2.24) is 4.72 Å². The molecule has 1 aromatic heterocycles. The van der Waals surface area contributed by atoms with Crippen molar-refractivity contribution in [2.24, 2.45) is 0 Å². The zero-order valence-corrected chi connectivity index (χ0v) is 13.1. The van der Waals surface area contributed by atoms with Crippen molar-refractivity contribution in [3.8, 4) is 5.75 Å². The van der Waals surface area contributed by atoms with Crippen LogP contribution in [-0.4, -0.2) is 21.6 Å². The van der Waals surface area contributed by atoms with Gasteiger partial charge in [-0.1, -0.05) is 6.07 Å². The van der Waals surface area contributed by atoms with Gasteiger partial charge in [-0.15, -0.1) is 0 Å². The maximum atomic E-state index is 12.5. The minimum absolute atomic E-state index is 0.157. The molecule has 0 saturated carbocycles. The molecule has 0 saturated heterocycles. The van der Waals surface area contributed by atoms with Crippen molar-refractivity contribution in [1.29, 1.82) is 0 Å². The molecule has 1 N–H and O–H groups in total. The van der Waals surface area contributed by atoms with Gasteiger partial charge in [-0.25, -0.2) is 13.1 Å². The molecule has 0 aliphatic carbocycles. The molecule has 0 bridgehead atoms. The summed E-state index contributed by atoms with van der Waals surface area (Å²) < 4.78 is 37.8. The third-order valence-corrected chi connectivity index (χ3v) is 4.70. The van der Waals surface area contributed by atoms with Crippen LogP contribution in [0.5, 0.6) is 5.75 Å². The zero-order valence-electron chi connectivity index (χ0n) is 12.3. The van der Waals surface area contributed by atoms with Gasteiger partial charge in [0.05, 0.1) is 19.6 Å². The molecule has 0 aliphatic rings. The van der Waals surface area contributed by atoms with Gasteiger partial charge in [-0.05, 0) is 49.6 Å². The highest BCUT2D eigenvalue weighted by atomic mass is 32.2. The van der Waals surface area contributed by atoms with E-state index >= 15 is 0 Å². The van der Waals surface area contributed by atoms with Crippen molar-refractivity contribution in [2.45, 2.75) is 31.2 Å². The largest absolute Gasteiger partial charge is 0.495 e. The van der Waals surface area contributed by atoms with Crippen LogP contribution in [-0.2, 0) is 16.4 Å². The van der Waals surface area contributed by atoms with Gasteiger partial charge in [0.2, 0.25) is 10.0 Å². The second-order valence-electron chi connectivity index (χ2n) is 5.01. The van der Waals surface area contributed by atoms with E-state index in [1.165, 1.54) is 7.11 Å². The second kappa shape index (κ2) is 6.32. The molecule has 1 aromatic carbocycles. The van der Waals surface area contributed by atoms with Crippen LogP contribution < -0.4 is 9.46 Å². The highest BCUT2D eigenvalue weighted by Crippen LogP contribution is 2.24.